The fourth-order valence-corrected chi connectivity index (χ4v) is 7.49. The molecule has 0 fully saturated rings. The van der Waals surface area contributed by atoms with Crippen molar-refractivity contribution in [2.45, 2.75) is 13.1 Å². The van der Waals surface area contributed by atoms with E-state index in [1.165, 1.54) is 0 Å². The zero-order chi connectivity index (χ0) is 31.9. The van der Waals surface area contributed by atoms with Gasteiger partial charge in [-0.05, 0) is 6.92 Å². The molecule has 4 N–H and O–H groups in total. The number of hydrogen-bond donors (Lipinski definition) is 3. The second-order valence-electron chi connectivity index (χ2n) is 11.3. The summed E-state index contributed by atoms with van der Waals surface area (Å²) < 4.78 is 31.8. The van der Waals surface area contributed by atoms with Crippen molar-refractivity contribution in [3.8, 4) is 45.6 Å². The molecule has 228 valence electrons. The summed E-state index contributed by atoms with van der Waals surface area (Å²) >= 11 is 0. The Labute approximate surface area is 267 Å². The third-order valence-electron chi connectivity index (χ3n) is 8.14. The first kappa shape index (κ1) is 27.4. The van der Waals surface area contributed by atoms with Gasteiger partial charge in [0, 0.05) is 43.8 Å². The van der Waals surface area contributed by atoms with Crippen LogP contribution in [0.3, 0.4) is 0 Å². The zero-order valence-corrected chi connectivity index (χ0v) is 25.6. The van der Waals surface area contributed by atoms with E-state index >= 15 is 0 Å². The molecule has 3 aromatic heterocycles. The van der Waals surface area contributed by atoms with Crippen molar-refractivity contribution >= 4 is 54.3 Å². The molecule has 0 aliphatic carbocycles. The predicted octanol–water partition coefficient (Wildman–Crippen LogP) is 5.33. The van der Waals surface area contributed by atoms with Crippen LogP contribution in [-0.4, -0.2) is 53.4 Å². The summed E-state index contributed by atoms with van der Waals surface area (Å²) in [7, 11) is -4.33. The summed E-state index contributed by atoms with van der Waals surface area (Å²) in [5.41, 5.74) is 10.3. The molecule has 2 aliphatic heterocycles. The third kappa shape index (κ3) is 4.25. The van der Waals surface area contributed by atoms with Gasteiger partial charge < -0.3 is 10.7 Å². The largest absolute Gasteiger partial charge is 0.324 e. The maximum Gasteiger partial charge on any atom is 0.309 e. The minimum absolute atomic E-state index is 0.114. The smallest absolute Gasteiger partial charge is 0.309 e. The van der Waals surface area contributed by atoms with Crippen LogP contribution in [0.5, 0.6) is 0 Å². The Morgan fingerprint density at radius 3 is 1.34 bits per heavy atom. The van der Waals surface area contributed by atoms with Gasteiger partial charge in [-0.3, -0.25) is 0 Å². The fraction of sp³-hybridized carbons (Fsp3) is 0.0588. The van der Waals surface area contributed by atoms with Crippen LogP contribution in [-0.2, 0) is 10.2 Å². The molecule has 1 atom stereocenters. The lowest BCUT2D eigenvalue weighted by molar-refractivity contribution is 0.559. The number of aromatic amines is 1. The van der Waals surface area contributed by atoms with Crippen molar-refractivity contribution in [1.29, 1.82) is 0 Å². The van der Waals surface area contributed by atoms with Crippen molar-refractivity contribution in [3.05, 3.63) is 97.1 Å². The lowest BCUT2D eigenvalue weighted by Gasteiger charge is -2.11. The number of rotatable bonds is 3. The highest BCUT2D eigenvalue weighted by atomic mass is 32.2. The molecule has 4 aromatic carbocycles. The van der Waals surface area contributed by atoms with Crippen LogP contribution in [0.15, 0.2) is 97.1 Å². The first-order valence-corrected chi connectivity index (χ1v) is 16.3. The number of nitrogens with two attached hydrogens (primary N) is 1. The highest BCUT2D eigenvalue weighted by Crippen LogP contribution is 2.37. The van der Waals surface area contributed by atoms with Crippen molar-refractivity contribution in [3.63, 3.8) is 0 Å². The highest BCUT2D eigenvalue weighted by molar-refractivity contribution is 7.88. The molecule has 13 heteroatoms. The average Bonchev–Trinajstić information content (AvgIpc) is 3.79. The molecule has 47 heavy (non-hydrogen) atoms. The number of benzene rings is 4. The summed E-state index contributed by atoms with van der Waals surface area (Å²) in [6, 6.07) is 30.3. The Kier molecular flexibility index (Phi) is 5.87. The zero-order valence-electron chi connectivity index (χ0n) is 24.7. The van der Waals surface area contributed by atoms with Gasteiger partial charge in [0.05, 0.1) is 6.17 Å². The average molecular weight is 637 g/mol. The first-order chi connectivity index (χ1) is 22.9. The lowest BCUT2D eigenvalue weighted by atomic mass is 10.1. The SMILES string of the molecule is CC(N)NS(=O)(=O)n1c2nc3nc(nc4[nH]c(nc5nc(nc1c1ccccc12)-c1ccccc1-5)c1ccccc41)-c1ccccc1-3. The van der Waals surface area contributed by atoms with Gasteiger partial charge >= 0.3 is 10.2 Å². The van der Waals surface area contributed by atoms with Gasteiger partial charge in [-0.15, -0.1) is 0 Å². The van der Waals surface area contributed by atoms with Crippen LogP contribution in [0.1, 0.15) is 6.92 Å². The molecule has 0 saturated heterocycles. The molecule has 9 rings (SSSR count). The van der Waals surface area contributed by atoms with Crippen molar-refractivity contribution in [1.82, 2.24) is 43.6 Å². The number of nitrogens with one attached hydrogen (secondary N) is 2. The molecule has 7 aromatic rings. The molecule has 2 aliphatic rings. The molecular weight excluding hydrogens is 613 g/mol. The van der Waals surface area contributed by atoms with E-state index < -0.39 is 16.4 Å². The molecule has 0 spiro atoms. The number of H-pyrrole nitrogens is 1. The molecule has 0 saturated carbocycles. The topological polar surface area (TPSA) is 170 Å². The van der Waals surface area contributed by atoms with Crippen LogP contribution in [0, 0.1) is 0 Å². The van der Waals surface area contributed by atoms with Gasteiger partial charge in [0.2, 0.25) is 0 Å². The van der Waals surface area contributed by atoms with Gasteiger partial charge in [0.25, 0.3) is 0 Å². The summed E-state index contributed by atoms with van der Waals surface area (Å²) in [4.78, 5) is 33.0. The number of nitrogens with zero attached hydrogens (tertiary/aromatic N) is 7. The van der Waals surface area contributed by atoms with Crippen LogP contribution in [0.4, 0.5) is 0 Å². The van der Waals surface area contributed by atoms with Gasteiger partial charge in [0.1, 0.15) is 11.3 Å². The van der Waals surface area contributed by atoms with Gasteiger partial charge in [-0.25, -0.2) is 29.9 Å². The van der Waals surface area contributed by atoms with Crippen LogP contribution >= 0.6 is 0 Å². The fourth-order valence-electron chi connectivity index (χ4n) is 6.18. The minimum atomic E-state index is -4.33. The van der Waals surface area contributed by atoms with E-state index in [-0.39, 0.29) is 11.3 Å². The van der Waals surface area contributed by atoms with Gasteiger partial charge in [-0.1, -0.05) is 97.1 Å². The van der Waals surface area contributed by atoms with E-state index in [0.29, 0.717) is 56.5 Å². The first-order valence-electron chi connectivity index (χ1n) is 14.9. The van der Waals surface area contributed by atoms with E-state index in [1.807, 2.05) is 84.9 Å². The van der Waals surface area contributed by atoms with Gasteiger partial charge in [0.15, 0.2) is 34.6 Å². The lowest BCUT2D eigenvalue weighted by Crippen LogP contribution is -2.41. The van der Waals surface area contributed by atoms with Crippen LogP contribution in [0.25, 0.3) is 89.7 Å². The molecule has 8 bridgehead atoms. The Bertz CT molecular complexity index is 2570. The highest BCUT2D eigenvalue weighted by Gasteiger charge is 2.27. The van der Waals surface area contributed by atoms with E-state index in [0.717, 1.165) is 25.9 Å². The normalized spacial score (nSPS) is 13.1. The summed E-state index contributed by atoms with van der Waals surface area (Å²) in [5, 5.41) is 2.83. The monoisotopic (exact) mass is 636 g/mol. The summed E-state index contributed by atoms with van der Waals surface area (Å²) in [6.07, 6.45) is -0.894. The molecule has 0 amide bonds. The van der Waals surface area contributed by atoms with Crippen molar-refractivity contribution in [2.75, 3.05) is 0 Å². The second kappa shape index (κ2) is 10.1. The van der Waals surface area contributed by atoms with Crippen LogP contribution < -0.4 is 10.5 Å². The quantitative estimate of drug-likeness (QED) is 0.217. The van der Waals surface area contributed by atoms with Crippen LogP contribution in [0.2, 0.25) is 0 Å². The third-order valence-corrected chi connectivity index (χ3v) is 9.64. The second-order valence-corrected chi connectivity index (χ2v) is 12.8. The van der Waals surface area contributed by atoms with Gasteiger partial charge in [-0.2, -0.15) is 17.1 Å². The maximum atomic E-state index is 14.1. The Morgan fingerprint density at radius 1 is 0.574 bits per heavy atom. The Balaban J connectivity index is 1.55. The van der Waals surface area contributed by atoms with Crippen molar-refractivity contribution < 1.29 is 8.42 Å². The van der Waals surface area contributed by atoms with E-state index in [1.54, 1.807) is 19.1 Å². The van der Waals surface area contributed by atoms with E-state index in [4.69, 9.17) is 35.6 Å². The standard InChI is InChI=1S/C34H24N10O2S/c1-18(35)43-47(45,46)44-33-25-16-8-9-17-26(25)34(44)42-32-24-15-7-5-13-22(24)30(40-32)38-28-20-11-3-2-10-19(20)27(36-28)37-29-21-12-4-6-14-23(21)31(39-29)41-33/h2-18,43H,35H2,1H3,(H,36,37,38,39,40,41,42). The molecular formula is C34H24N10O2S. The molecule has 1 unspecified atom stereocenters. The molecule has 0 radical (unpaired) electrons. The predicted molar refractivity (Wildman–Crippen MR) is 181 cm³/mol. The Morgan fingerprint density at radius 2 is 0.936 bits per heavy atom. The number of hydrogen-bond acceptors (Lipinski definition) is 9. The molecule has 5 heterocycles. The van der Waals surface area contributed by atoms with Crippen molar-refractivity contribution in [2.24, 2.45) is 5.73 Å². The minimum Gasteiger partial charge on any atom is -0.324 e. The summed E-state index contributed by atoms with van der Waals surface area (Å²) in [5.74, 6) is 1.46. The summed E-state index contributed by atoms with van der Waals surface area (Å²) in [6.45, 7) is 1.54. The Hall–Kier alpha value is -5.89. The number of aromatic nitrogens is 8. The van der Waals surface area contributed by atoms with E-state index in [9.17, 15) is 8.42 Å². The number of fused-ring (bicyclic) bond motifs is 20. The van der Waals surface area contributed by atoms with E-state index in [2.05, 4.69) is 9.71 Å². The maximum absolute atomic E-state index is 14.1. The molecule has 12 nitrogen and oxygen atoms in total.